The van der Waals surface area contributed by atoms with Gasteiger partial charge in [0.2, 0.25) is 5.91 Å². The molecule has 33 heavy (non-hydrogen) atoms. The van der Waals surface area contributed by atoms with Crippen LogP contribution in [0.1, 0.15) is 12.5 Å². The van der Waals surface area contributed by atoms with Crippen molar-refractivity contribution in [2.75, 3.05) is 5.32 Å². The Morgan fingerprint density at radius 2 is 1.70 bits per heavy atom. The van der Waals surface area contributed by atoms with Crippen LogP contribution in [0.15, 0.2) is 90.3 Å². The Hall–Kier alpha value is -3.98. The van der Waals surface area contributed by atoms with Gasteiger partial charge in [0.15, 0.2) is 11.0 Å². The number of aromatic nitrogens is 4. The molecule has 4 aromatic rings. The van der Waals surface area contributed by atoms with Crippen LogP contribution in [0.5, 0.6) is 0 Å². The number of carbonyl (C=O) groups is 2. The molecule has 1 unspecified atom stereocenters. The van der Waals surface area contributed by atoms with E-state index in [1.165, 1.54) is 11.8 Å². The van der Waals surface area contributed by atoms with Crippen molar-refractivity contribution in [2.45, 2.75) is 23.9 Å². The standard InChI is InChI=1S/C24H22N6O2S/c1-17(22(31)27-23(32)26-20-12-6-3-7-13-20)33-24-29-28-21(19-11-8-14-25-15-19)30(24)16-18-9-4-2-5-10-18/h2-15,17H,16H2,1H3,(H2,26,27,31,32). The molecule has 0 aliphatic rings. The van der Waals surface area contributed by atoms with Crippen molar-refractivity contribution >= 4 is 29.4 Å². The van der Waals surface area contributed by atoms with Crippen LogP contribution in [0.2, 0.25) is 0 Å². The van der Waals surface area contributed by atoms with Gasteiger partial charge in [-0.05, 0) is 36.8 Å². The van der Waals surface area contributed by atoms with Gasteiger partial charge in [-0.25, -0.2) is 4.79 Å². The summed E-state index contributed by atoms with van der Waals surface area (Å²) < 4.78 is 1.95. The average Bonchev–Trinajstić information content (AvgIpc) is 3.22. The lowest BCUT2D eigenvalue weighted by Crippen LogP contribution is -2.39. The number of benzene rings is 2. The number of para-hydroxylation sites is 1. The highest BCUT2D eigenvalue weighted by molar-refractivity contribution is 8.00. The zero-order valence-corrected chi connectivity index (χ0v) is 18.7. The van der Waals surface area contributed by atoms with Gasteiger partial charge in [0, 0.05) is 23.6 Å². The molecule has 0 aliphatic carbocycles. The molecule has 166 valence electrons. The maximum absolute atomic E-state index is 12.6. The largest absolute Gasteiger partial charge is 0.325 e. The SMILES string of the molecule is CC(Sc1nnc(-c2cccnc2)n1Cc1ccccc1)C(=O)NC(=O)Nc1ccccc1. The Bertz CT molecular complexity index is 1220. The topological polar surface area (TPSA) is 102 Å². The molecule has 2 aromatic carbocycles. The Morgan fingerprint density at radius 3 is 2.39 bits per heavy atom. The fourth-order valence-corrected chi connectivity index (χ4v) is 3.95. The summed E-state index contributed by atoms with van der Waals surface area (Å²) in [5, 5.41) is 13.7. The Balaban J connectivity index is 1.50. The van der Waals surface area contributed by atoms with Crippen molar-refractivity contribution in [3.05, 3.63) is 90.8 Å². The second kappa shape index (κ2) is 10.6. The maximum atomic E-state index is 12.6. The van der Waals surface area contributed by atoms with Crippen LogP contribution in [0.4, 0.5) is 10.5 Å². The first-order valence-corrected chi connectivity index (χ1v) is 11.2. The van der Waals surface area contributed by atoms with Gasteiger partial charge in [-0.1, -0.05) is 60.3 Å². The molecule has 0 saturated heterocycles. The van der Waals surface area contributed by atoms with Gasteiger partial charge in [0.05, 0.1) is 11.8 Å². The molecule has 2 heterocycles. The molecular formula is C24H22N6O2S. The summed E-state index contributed by atoms with van der Waals surface area (Å²) in [7, 11) is 0. The summed E-state index contributed by atoms with van der Waals surface area (Å²) in [6, 6.07) is 22.0. The van der Waals surface area contributed by atoms with E-state index in [0.717, 1.165) is 11.1 Å². The number of imide groups is 1. The van der Waals surface area contributed by atoms with Crippen LogP contribution in [-0.4, -0.2) is 36.9 Å². The van der Waals surface area contributed by atoms with E-state index in [1.54, 1.807) is 43.6 Å². The second-order valence-corrected chi connectivity index (χ2v) is 8.50. The zero-order valence-electron chi connectivity index (χ0n) is 17.9. The first-order valence-electron chi connectivity index (χ1n) is 10.3. The molecule has 0 spiro atoms. The van der Waals surface area contributed by atoms with E-state index in [0.29, 0.717) is 23.2 Å². The third-order valence-electron chi connectivity index (χ3n) is 4.74. The Labute approximate surface area is 195 Å². The number of thioether (sulfide) groups is 1. The van der Waals surface area contributed by atoms with E-state index in [1.807, 2.05) is 53.1 Å². The average molecular weight is 459 g/mol. The Kier molecular flexibility index (Phi) is 7.11. The fourth-order valence-electron chi connectivity index (χ4n) is 3.10. The molecule has 1 atom stereocenters. The summed E-state index contributed by atoms with van der Waals surface area (Å²) >= 11 is 1.24. The molecule has 8 nitrogen and oxygen atoms in total. The highest BCUT2D eigenvalue weighted by Crippen LogP contribution is 2.27. The zero-order chi connectivity index (χ0) is 23.0. The fraction of sp³-hybridized carbons (Fsp3) is 0.125. The minimum atomic E-state index is -0.583. The number of pyridine rings is 1. The molecule has 2 aromatic heterocycles. The van der Waals surface area contributed by atoms with E-state index < -0.39 is 17.2 Å². The third kappa shape index (κ3) is 5.83. The highest BCUT2D eigenvalue weighted by atomic mass is 32.2. The molecule has 3 amide bonds. The van der Waals surface area contributed by atoms with Gasteiger partial charge >= 0.3 is 6.03 Å². The van der Waals surface area contributed by atoms with Crippen molar-refractivity contribution in [3.63, 3.8) is 0 Å². The van der Waals surface area contributed by atoms with Crippen molar-refractivity contribution in [1.82, 2.24) is 25.1 Å². The molecule has 0 radical (unpaired) electrons. The number of rotatable bonds is 7. The predicted molar refractivity (Wildman–Crippen MR) is 128 cm³/mol. The van der Waals surface area contributed by atoms with E-state index in [9.17, 15) is 9.59 Å². The van der Waals surface area contributed by atoms with Gasteiger partial charge in [0.25, 0.3) is 0 Å². The lowest BCUT2D eigenvalue weighted by atomic mass is 10.2. The predicted octanol–water partition coefficient (Wildman–Crippen LogP) is 4.22. The summed E-state index contributed by atoms with van der Waals surface area (Å²) in [4.78, 5) is 29.0. The molecule has 0 saturated carbocycles. The van der Waals surface area contributed by atoms with Gasteiger partial charge in [-0.3, -0.25) is 19.7 Å². The van der Waals surface area contributed by atoms with Crippen LogP contribution in [0, 0.1) is 0 Å². The number of nitrogens with zero attached hydrogens (tertiary/aromatic N) is 4. The molecule has 4 rings (SSSR count). The summed E-state index contributed by atoms with van der Waals surface area (Å²) in [6.07, 6.45) is 3.42. The van der Waals surface area contributed by atoms with Crippen molar-refractivity contribution in [2.24, 2.45) is 0 Å². The molecular weight excluding hydrogens is 436 g/mol. The van der Waals surface area contributed by atoms with Crippen LogP contribution in [0.25, 0.3) is 11.4 Å². The van der Waals surface area contributed by atoms with E-state index in [-0.39, 0.29) is 0 Å². The van der Waals surface area contributed by atoms with Gasteiger partial charge < -0.3 is 5.32 Å². The lowest BCUT2D eigenvalue weighted by molar-refractivity contribution is -0.119. The first kappa shape index (κ1) is 22.2. The lowest BCUT2D eigenvalue weighted by Gasteiger charge is -2.14. The Morgan fingerprint density at radius 1 is 0.970 bits per heavy atom. The summed E-state index contributed by atoms with van der Waals surface area (Å²) in [5.41, 5.74) is 2.50. The smallest absolute Gasteiger partial charge is 0.308 e. The van der Waals surface area contributed by atoms with Crippen LogP contribution in [-0.2, 0) is 11.3 Å². The first-order chi connectivity index (χ1) is 16.1. The van der Waals surface area contributed by atoms with Crippen molar-refractivity contribution in [1.29, 1.82) is 0 Å². The monoisotopic (exact) mass is 458 g/mol. The van der Waals surface area contributed by atoms with Crippen LogP contribution in [0.3, 0.4) is 0 Å². The quantitative estimate of drug-likeness (QED) is 0.402. The van der Waals surface area contributed by atoms with Gasteiger partial charge in [-0.15, -0.1) is 10.2 Å². The third-order valence-corrected chi connectivity index (χ3v) is 5.82. The molecule has 0 aliphatic heterocycles. The second-order valence-electron chi connectivity index (χ2n) is 7.19. The summed E-state index contributed by atoms with van der Waals surface area (Å²) in [6.45, 7) is 2.25. The van der Waals surface area contributed by atoms with Crippen LogP contribution < -0.4 is 10.6 Å². The van der Waals surface area contributed by atoms with Gasteiger partial charge in [0.1, 0.15) is 0 Å². The highest BCUT2D eigenvalue weighted by Gasteiger charge is 2.22. The summed E-state index contributed by atoms with van der Waals surface area (Å²) in [5.74, 6) is 0.231. The molecule has 0 bridgehead atoms. The van der Waals surface area contributed by atoms with E-state index in [4.69, 9.17) is 0 Å². The van der Waals surface area contributed by atoms with Crippen LogP contribution >= 0.6 is 11.8 Å². The number of anilines is 1. The minimum absolute atomic E-state index is 0.425. The van der Waals surface area contributed by atoms with Crippen molar-refractivity contribution < 1.29 is 9.59 Å². The molecule has 0 fully saturated rings. The number of hydrogen-bond acceptors (Lipinski definition) is 6. The van der Waals surface area contributed by atoms with Crippen molar-refractivity contribution in [3.8, 4) is 11.4 Å². The number of carbonyl (C=O) groups excluding carboxylic acids is 2. The normalized spacial score (nSPS) is 11.5. The number of hydrogen-bond donors (Lipinski definition) is 2. The maximum Gasteiger partial charge on any atom is 0.325 e. The van der Waals surface area contributed by atoms with E-state index in [2.05, 4.69) is 25.8 Å². The number of amides is 3. The van der Waals surface area contributed by atoms with E-state index >= 15 is 0 Å². The minimum Gasteiger partial charge on any atom is -0.308 e. The number of nitrogens with one attached hydrogen (secondary N) is 2. The molecule has 9 heteroatoms. The number of urea groups is 1. The molecule has 2 N–H and O–H groups in total. The van der Waals surface area contributed by atoms with Gasteiger partial charge in [-0.2, -0.15) is 0 Å².